The summed E-state index contributed by atoms with van der Waals surface area (Å²) in [5.41, 5.74) is 6.83. The van der Waals surface area contributed by atoms with Gasteiger partial charge in [0.1, 0.15) is 52.2 Å². The van der Waals surface area contributed by atoms with Gasteiger partial charge < -0.3 is 44.4 Å². The highest BCUT2D eigenvalue weighted by atomic mass is 79.9. The van der Waals surface area contributed by atoms with Crippen LogP contribution in [-0.2, 0) is 9.59 Å². The van der Waals surface area contributed by atoms with Crippen molar-refractivity contribution in [1.29, 1.82) is 0 Å². The smallest absolute Gasteiger partial charge is 0.369 e. The summed E-state index contributed by atoms with van der Waals surface area (Å²) in [6.07, 6.45) is 2.59. The largest absolute Gasteiger partial charge is 0.507 e. The molecule has 3 saturated heterocycles. The van der Waals surface area contributed by atoms with Crippen LogP contribution in [0.2, 0.25) is 15.1 Å². The molecule has 12 aromatic rings. The molecule has 3 fully saturated rings. The second kappa shape index (κ2) is 40.0. The van der Waals surface area contributed by atoms with Crippen molar-refractivity contribution in [3.8, 4) is 67.7 Å². The number of hydrogen-bond donors (Lipinski definition) is 2. The van der Waals surface area contributed by atoms with Crippen molar-refractivity contribution in [2.75, 3.05) is 107 Å². The number of methoxy groups -OCH3 is 2. The summed E-state index contributed by atoms with van der Waals surface area (Å²) >= 11 is 29.7. The van der Waals surface area contributed by atoms with E-state index in [1.165, 1.54) is 61.3 Å². The molecule has 0 radical (unpaired) electrons. The molecule has 120 heavy (non-hydrogen) atoms. The van der Waals surface area contributed by atoms with Crippen LogP contribution in [-0.4, -0.2) is 151 Å². The zero-order valence-electron chi connectivity index (χ0n) is 66.6. The van der Waals surface area contributed by atoms with Gasteiger partial charge >= 0.3 is 20.3 Å². The first-order chi connectivity index (χ1) is 57.1. The van der Waals surface area contributed by atoms with Crippen molar-refractivity contribution < 1.29 is 37.3 Å². The van der Waals surface area contributed by atoms with Crippen molar-refractivity contribution in [1.82, 2.24) is 43.8 Å². The number of hydrogen-bond acceptors (Lipinski definition) is 15. The Morgan fingerprint density at radius 1 is 0.458 bits per heavy atom. The van der Waals surface area contributed by atoms with Crippen molar-refractivity contribution >= 4 is 147 Å². The SMILES string of the molecule is BrB(Br)Br.C.C=CC(=O)N1CCN(c2nc(=O)n(-c3ccccc3C(C)C)c3cc(-c4c(F)cccc4OC)c(Cl)cc23)CC1.C=CC(=O)N1CCN(c2nc(=O)n(-c3ccccc3C(C)C)c3cc(-c4c(O)cccc4F)c(Cl)cc23)CC1.COc1cccc(F)c1-c1cc2c(cc1Cl)c(N1CCNCC1)nc(=O)n2-c1ccccc1C(C)C. The molecule has 0 unspecified atom stereocenters. The van der Waals surface area contributed by atoms with Gasteiger partial charge in [0.05, 0.1) is 64.5 Å². The number of aromatic nitrogens is 6. The highest BCUT2D eigenvalue weighted by molar-refractivity contribution is 9.69. The summed E-state index contributed by atoms with van der Waals surface area (Å²) < 4.78 is 61.2. The molecular weight excluding hydrogens is 1790 g/mol. The predicted octanol–water partition coefficient (Wildman–Crippen LogP) is 19.5. The van der Waals surface area contributed by atoms with Gasteiger partial charge in [-0.25, -0.2) is 27.6 Å². The van der Waals surface area contributed by atoms with E-state index in [4.69, 9.17) is 44.3 Å². The van der Waals surface area contributed by atoms with E-state index in [-0.39, 0.29) is 73.2 Å². The standard InChI is InChI=1S/C31H30ClFN4O3.C30H28ClFN4O3.C28H28ClFN4O2.CH4.BBr3/c1-5-28(38)35-13-15-36(16-14-35)30-22-17-23(32)21(29-24(33)10-8-12-27(29)40-4)18-26(22)37(31(39)34-30)25-11-7-6-9-20(25)19(2)3;1-4-27(38)34-12-14-35(15-13-34)29-21-16-22(31)20(28-23(32)9-7-11-26(28)37)17-25(21)36(30(39)33-29)24-10-6-5-8-19(24)18(2)3;1-17(2)18-7-4-5-9-23(18)34-24-16-19(26-22(30)8-6-10-25(26)36-3)21(29)15-20(24)27(32-28(34)35)33-13-11-31-12-14-33;;2-1(3)4/h5-12,17-19H,1,13-16H2,2-4H3;4-11,16-18,37H,1,12-15H2,2-3H3;4-10,15-17,31H,11-14H2,1-3H3;1H4;. The van der Waals surface area contributed by atoms with Crippen molar-refractivity contribution in [2.24, 2.45) is 0 Å². The number of carbonyl (C=O) groups excluding carboxylic acids is 2. The number of piperazine rings is 3. The molecule has 3 aromatic heterocycles. The first-order valence-corrected chi connectivity index (χ1v) is 42.4. The van der Waals surface area contributed by atoms with E-state index in [1.807, 2.05) is 96.4 Å². The van der Waals surface area contributed by atoms with Gasteiger partial charge in [-0.15, -0.1) is 47.3 Å². The summed E-state index contributed by atoms with van der Waals surface area (Å²) in [4.78, 5) is 88.5. The number of nitrogens with one attached hydrogen (secondary N) is 1. The lowest BCUT2D eigenvalue weighted by atomic mass is 9.99. The minimum absolute atomic E-state index is 0. The molecule has 15 rings (SSSR count). The van der Waals surface area contributed by atoms with Crippen LogP contribution in [0.3, 0.4) is 0 Å². The molecule has 6 heterocycles. The molecule has 20 nitrogen and oxygen atoms in total. The Morgan fingerprint density at radius 2 is 0.750 bits per heavy atom. The molecule has 9 aromatic carbocycles. The number of halogens is 9. The van der Waals surface area contributed by atoms with Crippen LogP contribution >= 0.6 is 82.1 Å². The fourth-order valence-electron chi connectivity index (χ4n) is 15.3. The molecule has 0 spiro atoms. The highest BCUT2D eigenvalue weighted by Gasteiger charge is 2.31. The number of rotatable bonds is 16. The third kappa shape index (κ3) is 19.2. The Bertz CT molecular complexity index is 6030. The first kappa shape index (κ1) is 90.5. The summed E-state index contributed by atoms with van der Waals surface area (Å²) in [7, 11) is 2.97. The number of aromatic hydroxyl groups is 1. The molecule has 0 atom stereocenters. The van der Waals surface area contributed by atoms with Crippen molar-refractivity contribution in [2.45, 2.75) is 66.7 Å². The van der Waals surface area contributed by atoms with Crippen LogP contribution in [0.15, 0.2) is 203 Å². The quantitative estimate of drug-likeness (QED) is 0.0682. The average molecular weight is 1880 g/mol. The fourth-order valence-corrected chi connectivity index (χ4v) is 16.1. The van der Waals surface area contributed by atoms with Gasteiger partial charge in [-0.1, -0.05) is 170 Å². The number of amides is 2. The van der Waals surface area contributed by atoms with E-state index in [0.29, 0.717) is 154 Å². The van der Waals surface area contributed by atoms with Crippen LogP contribution in [0, 0.1) is 17.5 Å². The molecule has 0 saturated carbocycles. The second-order valence-corrected chi connectivity index (χ2v) is 36.8. The Kier molecular flexibility index (Phi) is 30.1. The first-order valence-electron chi connectivity index (χ1n) is 38.5. The molecule has 3 aliphatic rings. The topological polar surface area (TPSA) is 206 Å². The van der Waals surface area contributed by atoms with Gasteiger partial charge in [-0.05, 0) is 138 Å². The van der Waals surface area contributed by atoms with Gasteiger partial charge in [0.2, 0.25) is 11.8 Å². The number of benzene rings is 9. The maximum atomic E-state index is 15.2. The van der Waals surface area contributed by atoms with E-state index in [2.05, 4.69) is 113 Å². The molecule has 0 aliphatic carbocycles. The number of ether oxygens (including phenoxy) is 2. The summed E-state index contributed by atoms with van der Waals surface area (Å²) in [5, 5.41) is 16.7. The van der Waals surface area contributed by atoms with Crippen molar-refractivity contribution in [3.05, 3.63) is 270 Å². The Hall–Kier alpha value is -10.3. The van der Waals surface area contributed by atoms with Crippen molar-refractivity contribution in [3.63, 3.8) is 0 Å². The van der Waals surface area contributed by atoms with Gasteiger partial charge in [0, 0.05) is 126 Å². The molecule has 3 aliphatic heterocycles. The van der Waals surface area contributed by atoms with Crippen LogP contribution in [0.4, 0.5) is 30.6 Å². The van der Waals surface area contributed by atoms with Crippen LogP contribution in [0.1, 0.15) is 83.4 Å². The summed E-state index contributed by atoms with van der Waals surface area (Å²) in [5.74, 6) is 0.482. The molecule has 624 valence electrons. The number of phenols is 1. The minimum Gasteiger partial charge on any atom is -0.507 e. The van der Waals surface area contributed by atoms with Crippen LogP contribution in [0.5, 0.6) is 17.2 Å². The number of anilines is 3. The summed E-state index contributed by atoms with van der Waals surface area (Å²) in [6, 6.07) is 46.7. The molecule has 2 amide bonds. The maximum absolute atomic E-state index is 15.2. The zero-order valence-corrected chi connectivity index (χ0v) is 73.6. The third-order valence-corrected chi connectivity index (χ3v) is 22.0. The minimum atomic E-state index is -0.634. The lowest BCUT2D eigenvalue weighted by Crippen LogP contribution is -2.49. The molecular formula is C90H90BBr3Cl3F3N12O8. The average Bonchev–Trinajstić information content (AvgIpc) is 0.748. The van der Waals surface area contributed by atoms with E-state index < -0.39 is 34.5 Å². The van der Waals surface area contributed by atoms with E-state index >= 15 is 8.78 Å². The maximum Gasteiger partial charge on any atom is 0.369 e. The lowest BCUT2D eigenvalue weighted by Gasteiger charge is -2.35. The number of nitrogens with zero attached hydrogens (tertiary/aromatic N) is 11. The predicted molar refractivity (Wildman–Crippen MR) is 493 cm³/mol. The lowest BCUT2D eigenvalue weighted by molar-refractivity contribution is -0.127. The number of carbonyl (C=O) groups is 2. The van der Waals surface area contributed by atoms with E-state index in [0.717, 1.165) is 40.9 Å². The van der Waals surface area contributed by atoms with Gasteiger partial charge in [-0.3, -0.25) is 23.3 Å². The fraction of sp³-hybridized carbons (Fsp3) is 0.267. The van der Waals surface area contributed by atoms with Gasteiger partial charge in [0.15, 0.2) is 0 Å². The van der Waals surface area contributed by atoms with Gasteiger partial charge in [-0.2, -0.15) is 15.0 Å². The molecule has 30 heteroatoms. The van der Waals surface area contributed by atoms with Gasteiger partial charge in [0.25, 0.3) is 0 Å². The Balaban J connectivity index is 0.000000171. The second-order valence-electron chi connectivity index (χ2n) is 29.1. The highest BCUT2D eigenvalue weighted by Crippen LogP contribution is 2.46. The normalized spacial score (nSPS) is 13.4. The van der Waals surface area contributed by atoms with Crippen LogP contribution in [0.25, 0.3) is 83.2 Å². The number of para-hydroxylation sites is 3. The van der Waals surface area contributed by atoms with E-state index in [9.17, 15) is 33.5 Å². The van der Waals surface area contributed by atoms with E-state index in [1.54, 1.807) is 79.6 Å². The molecule has 0 bridgehead atoms. The molecule has 2 N–H and O–H groups in total. The number of fused-ring (bicyclic) bond motifs is 3. The number of phenolic OH excluding ortho intramolecular Hbond substituents is 1. The summed E-state index contributed by atoms with van der Waals surface area (Å²) in [6.45, 7) is 26.2. The van der Waals surface area contributed by atoms with Crippen LogP contribution < -0.4 is 46.6 Å². The monoisotopic (exact) mass is 1880 g/mol. The Morgan fingerprint density at radius 3 is 1.05 bits per heavy atom. The zero-order chi connectivity index (χ0) is 85.4. The Labute approximate surface area is 734 Å². The third-order valence-electron chi connectivity index (χ3n) is 21.0.